The van der Waals surface area contributed by atoms with Crippen molar-refractivity contribution in [2.24, 2.45) is 0 Å². The SMILES string of the molecule is COc1ccc(Nc2nccc(NC3CN(C(C)=O)C3)n2)cc1OCN1CCCC1. The minimum Gasteiger partial charge on any atom is -0.493 e. The van der Waals surface area contributed by atoms with Crippen LogP contribution in [-0.2, 0) is 4.79 Å². The number of hydrogen-bond acceptors (Lipinski definition) is 8. The lowest BCUT2D eigenvalue weighted by Gasteiger charge is -2.39. The van der Waals surface area contributed by atoms with Crippen molar-refractivity contribution in [2.45, 2.75) is 25.8 Å². The van der Waals surface area contributed by atoms with Gasteiger partial charge in [0.05, 0.1) is 13.2 Å². The molecular weight excluding hydrogens is 384 g/mol. The van der Waals surface area contributed by atoms with Crippen molar-refractivity contribution in [3.05, 3.63) is 30.5 Å². The molecule has 0 radical (unpaired) electrons. The summed E-state index contributed by atoms with van der Waals surface area (Å²) in [6, 6.07) is 7.70. The number of carbonyl (C=O) groups is 1. The highest BCUT2D eigenvalue weighted by Gasteiger charge is 2.28. The van der Waals surface area contributed by atoms with Gasteiger partial charge in [0.25, 0.3) is 0 Å². The highest BCUT2D eigenvalue weighted by molar-refractivity contribution is 5.74. The summed E-state index contributed by atoms with van der Waals surface area (Å²) in [7, 11) is 1.64. The number of carbonyl (C=O) groups excluding carboxylic acids is 1. The van der Waals surface area contributed by atoms with E-state index in [1.54, 1.807) is 25.1 Å². The van der Waals surface area contributed by atoms with Gasteiger partial charge in [-0.2, -0.15) is 4.98 Å². The molecule has 0 bridgehead atoms. The maximum atomic E-state index is 11.3. The third-order valence-electron chi connectivity index (χ3n) is 5.36. The van der Waals surface area contributed by atoms with Crippen LogP contribution >= 0.6 is 0 Å². The predicted molar refractivity (Wildman–Crippen MR) is 114 cm³/mol. The number of aromatic nitrogens is 2. The van der Waals surface area contributed by atoms with Gasteiger partial charge in [0.15, 0.2) is 11.5 Å². The zero-order valence-corrected chi connectivity index (χ0v) is 17.4. The van der Waals surface area contributed by atoms with Gasteiger partial charge in [-0.1, -0.05) is 0 Å². The van der Waals surface area contributed by atoms with E-state index in [1.807, 2.05) is 24.3 Å². The number of nitrogens with zero attached hydrogens (tertiary/aromatic N) is 4. The number of methoxy groups -OCH3 is 1. The minimum atomic E-state index is 0.0975. The van der Waals surface area contributed by atoms with Crippen molar-refractivity contribution in [1.82, 2.24) is 19.8 Å². The molecule has 1 aromatic heterocycles. The van der Waals surface area contributed by atoms with E-state index in [-0.39, 0.29) is 11.9 Å². The van der Waals surface area contributed by atoms with Crippen molar-refractivity contribution in [3.63, 3.8) is 0 Å². The second-order valence-corrected chi connectivity index (χ2v) is 7.62. The van der Waals surface area contributed by atoms with Crippen molar-refractivity contribution >= 4 is 23.4 Å². The number of benzene rings is 1. The van der Waals surface area contributed by atoms with Crippen LogP contribution in [0.15, 0.2) is 30.5 Å². The molecule has 2 fully saturated rings. The smallest absolute Gasteiger partial charge is 0.229 e. The molecule has 9 heteroatoms. The van der Waals surface area contributed by atoms with Gasteiger partial charge in [0.1, 0.15) is 12.5 Å². The lowest BCUT2D eigenvalue weighted by atomic mass is 10.1. The van der Waals surface area contributed by atoms with E-state index in [1.165, 1.54) is 12.8 Å². The van der Waals surface area contributed by atoms with E-state index < -0.39 is 0 Å². The van der Waals surface area contributed by atoms with Gasteiger partial charge in [-0.05, 0) is 31.0 Å². The Morgan fingerprint density at radius 1 is 1.20 bits per heavy atom. The standard InChI is InChI=1S/C21H28N6O3/c1-15(28)27-12-17(13-27)23-20-7-8-22-21(25-20)24-16-5-6-18(29-2)19(11-16)30-14-26-9-3-4-10-26/h5-8,11,17H,3-4,9-10,12-14H2,1-2H3,(H2,22,23,24,25). The van der Waals surface area contributed by atoms with Crippen LogP contribution in [0.25, 0.3) is 0 Å². The average Bonchev–Trinajstić information content (AvgIpc) is 3.22. The summed E-state index contributed by atoms with van der Waals surface area (Å²) in [5.41, 5.74) is 0.816. The zero-order valence-electron chi connectivity index (χ0n) is 17.4. The molecule has 3 heterocycles. The van der Waals surface area contributed by atoms with E-state index in [4.69, 9.17) is 9.47 Å². The molecule has 0 atom stereocenters. The number of anilines is 3. The first-order chi connectivity index (χ1) is 14.6. The number of amides is 1. The molecule has 2 aliphatic rings. The van der Waals surface area contributed by atoms with E-state index in [0.29, 0.717) is 37.3 Å². The summed E-state index contributed by atoms with van der Waals surface area (Å²) >= 11 is 0. The largest absolute Gasteiger partial charge is 0.493 e. The molecule has 0 saturated carbocycles. The van der Waals surface area contributed by atoms with Crippen molar-refractivity contribution < 1.29 is 14.3 Å². The van der Waals surface area contributed by atoms with Crippen LogP contribution in [-0.4, -0.2) is 71.7 Å². The molecule has 0 aliphatic carbocycles. The summed E-state index contributed by atoms with van der Waals surface area (Å²) in [6.07, 6.45) is 4.14. The Bertz CT molecular complexity index is 881. The molecule has 160 valence electrons. The number of hydrogen-bond donors (Lipinski definition) is 2. The third-order valence-corrected chi connectivity index (χ3v) is 5.36. The summed E-state index contributed by atoms with van der Waals surface area (Å²) in [4.78, 5) is 24.2. The fraction of sp³-hybridized carbons (Fsp3) is 0.476. The first-order valence-corrected chi connectivity index (χ1v) is 10.3. The van der Waals surface area contributed by atoms with Gasteiger partial charge in [-0.25, -0.2) is 4.98 Å². The topological polar surface area (TPSA) is 91.9 Å². The van der Waals surface area contributed by atoms with Crippen LogP contribution in [0, 0.1) is 0 Å². The molecule has 1 amide bonds. The van der Waals surface area contributed by atoms with Gasteiger partial charge in [0.2, 0.25) is 11.9 Å². The molecule has 2 saturated heterocycles. The van der Waals surface area contributed by atoms with Crippen molar-refractivity contribution in [1.29, 1.82) is 0 Å². The lowest BCUT2D eigenvalue weighted by Crippen LogP contribution is -2.56. The van der Waals surface area contributed by atoms with Gasteiger partial charge in [0, 0.05) is 51.1 Å². The number of rotatable bonds is 8. The van der Waals surface area contributed by atoms with Crippen LogP contribution in [0.4, 0.5) is 17.5 Å². The van der Waals surface area contributed by atoms with Crippen LogP contribution < -0.4 is 20.1 Å². The Balaban J connectivity index is 1.38. The summed E-state index contributed by atoms with van der Waals surface area (Å²) in [5, 5.41) is 6.56. The Morgan fingerprint density at radius 2 is 2.00 bits per heavy atom. The Kier molecular flexibility index (Phi) is 6.18. The number of nitrogens with one attached hydrogen (secondary N) is 2. The Hall–Kier alpha value is -3.07. The molecule has 30 heavy (non-hydrogen) atoms. The summed E-state index contributed by atoms with van der Waals surface area (Å²) in [5.74, 6) is 2.68. The van der Waals surface area contributed by atoms with Crippen molar-refractivity contribution in [3.8, 4) is 11.5 Å². The molecule has 0 unspecified atom stereocenters. The first-order valence-electron chi connectivity index (χ1n) is 10.3. The highest BCUT2D eigenvalue weighted by atomic mass is 16.5. The Morgan fingerprint density at radius 3 is 2.73 bits per heavy atom. The second kappa shape index (κ2) is 9.17. The lowest BCUT2D eigenvalue weighted by molar-refractivity contribution is -0.132. The number of likely N-dealkylation sites (tertiary alicyclic amines) is 2. The zero-order chi connectivity index (χ0) is 20.9. The van der Waals surface area contributed by atoms with E-state index >= 15 is 0 Å². The molecule has 2 aliphatic heterocycles. The summed E-state index contributed by atoms with van der Waals surface area (Å²) < 4.78 is 11.4. The van der Waals surface area contributed by atoms with Gasteiger partial charge in [-0.3, -0.25) is 9.69 Å². The summed E-state index contributed by atoms with van der Waals surface area (Å²) in [6.45, 7) is 5.66. The van der Waals surface area contributed by atoms with Crippen LogP contribution in [0.5, 0.6) is 11.5 Å². The molecule has 2 N–H and O–H groups in total. The highest BCUT2D eigenvalue weighted by Crippen LogP contribution is 2.31. The maximum absolute atomic E-state index is 11.3. The van der Waals surface area contributed by atoms with Gasteiger partial charge < -0.3 is 25.0 Å². The average molecular weight is 412 g/mol. The minimum absolute atomic E-state index is 0.0975. The van der Waals surface area contributed by atoms with Crippen LogP contribution in [0.1, 0.15) is 19.8 Å². The molecule has 9 nitrogen and oxygen atoms in total. The Labute approximate surface area is 176 Å². The molecular formula is C21H28N6O3. The van der Waals surface area contributed by atoms with Crippen molar-refractivity contribution in [2.75, 3.05) is 50.7 Å². The first kappa shape index (κ1) is 20.2. The van der Waals surface area contributed by atoms with Crippen LogP contribution in [0.2, 0.25) is 0 Å². The molecule has 0 spiro atoms. The molecule has 1 aromatic carbocycles. The molecule has 4 rings (SSSR count). The maximum Gasteiger partial charge on any atom is 0.229 e. The normalized spacial score (nSPS) is 16.8. The predicted octanol–water partition coefficient (Wildman–Crippen LogP) is 2.30. The van der Waals surface area contributed by atoms with E-state index in [9.17, 15) is 4.79 Å². The van der Waals surface area contributed by atoms with E-state index in [2.05, 4.69) is 25.5 Å². The van der Waals surface area contributed by atoms with Gasteiger partial charge in [-0.15, -0.1) is 0 Å². The van der Waals surface area contributed by atoms with Crippen LogP contribution in [0.3, 0.4) is 0 Å². The monoisotopic (exact) mass is 412 g/mol. The third kappa shape index (κ3) is 4.91. The molecule has 2 aromatic rings. The quantitative estimate of drug-likeness (QED) is 0.683. The van der Waals surface area contributed by atoms with E-state index in [0.717, 1.165) is 24.6 Å². The number of ether oxygens (including phenoxy) is 2. The fourth-order valence-electron chi connectivity index (χ4n) is 3.60. The second-order valence-electron chi connectivity index (χ2n) is 7.62. The van der Waals surface area contributed by atoms with Gasteiger partial charge >= 0.3 is 0 Å². The fourth-order valence-corrected chi connectivity index (χ4v) is 3.60.